The molecule has 2 heterocycles. The van der Waals surface area contributed by atoms with Gasteiger partial charge in [0.05, 0.1) is 26.1 Å². The Hall–Kier alpha value is -3.87. The summed E-state index contributed by atoms with van der Waals surface area (Å²) in [7, 11) is 3.13. The Bertz CT molecular complexity index is 1190. The summed E-state index contributed by atoms with van der Waals surface area (Å²) in [6.45, 7) is 1.89. The molecule has 0 saturated carbocycles. The second-order valence-corrected chi connectivity index (χ2v) is 6.47. The topological polar surface area (TPSA) is 77.8 Å². The van der Waals surface area contributed by atoms with Crippen LogP contribution in [0.3, 0.4) is 0 Å². The molecule has 0 fully saturated rings. The van der Waals surface area contributed by atoms with Crippen LogP contribution in [-0.4, -0.2) is 34.7 Å². The number of aryl methyl sites for hydroxylation is 1. The summed E-state index contributed by atoms with van der Waals surface area (Å²) in [6, 6.07) is 15.3. The molecule has 0 aliphatic rings. The minimum absolute atomic E-state index is 0.298. The number of fused-ring (bicyclic) bond motifs is 1. The first kappa shape index (κ1) is 18.5. The van der Waals surface area contributed by atoms with Crippen molar-refractivity contribution in [1.82, 2.24) is 14.6 Å². The van der Waals surface area contributed by atoms with E-state index in [4.69, 9.17) is 9.47 Å². The summed E-state index contributed by atoms with van der Waals surface area (Å²) in [5, 5.41) is 7.31. The van der Waals surface area contributed by atoms with Gasteiger partial charge in [0.2, 0.25) is 0 Å². The number of aromatic nitrogens is 3. The zero-order valence-corrected chi connectivity index (χ0v) is 16.3. The van der Waals surface area contributed by atoms with E-state index in [9.17, 15) is 4.79 Å². The van der Waals surface area contributed by atoms with E-state index in [1.54, 1.807) is 31.0 Å². The molecule has 4 rings (SSSR count). The maximum absolute atomic E-state index is 13.0. The lowest BCUT2D eigenvalue weighted by Crippen LogP contribution is -2.13. The second kappa shape index (κ2) is 7.63. The number of nitrogens with zero attached hydrogens (tertiary/aromatic N) is 3. The fraction of sp³-hybridized carbons (Fsp3) is 0.136. The number of methoxy groups -OCH3 is 2. The Balaban J connectivity index is 1.70. The highest BCUT2D eigenvalue weighted by Crippen LogP contribution is 2.33. The smallest absolute Gasteiger partial charge is 0.261 e. The van der Waals surface area contributed by atoms with Crippen molar-refractivity contribution in [3.05, 3.63) is 72.1 Å². The van der Waals surface area contributed by atoms with E-state index in [0.29, 0.717) is 28.4 Å². The number of rotatable bonds is 5. The quantitative estimate of drug-likeness (QED) is 0.560. The largest absolute Gasteiger partial charge is 0.493 e. The number of hydrogen-bond donors (Lipinski definition) is 1. The number of carbonyl (C=O) groups excluding carboxylic acids is 1. The van der Waals surface area contributed by atoms with Crippen LogP contribution in [0.1, 0.15) is 15.9 Å². The predicted molar refractivity (Wildman–Crippen MR) is 111 cm³/mol. The van der Waals surface area contributed by atoms with E-state index in [2.05, 4.69) is 15.4 Å². The van der Waals surface area contributed by atoms with Gasteiger partial charge in [-0.15, -0.1) is 0 Å². The van der Waals surface area contributed by atoms with E-state index in [1.165, 1.54) is 6.20 Å². The average molecular weight is 388 g/mol. The predicted octanol–water partition coefficient (Wildman–Crippen LogP) is 3.97. The lowest BCUT2D eigenvalue weighted by molar-refractivity contribution is 0.102. The van der Waals surface area contributed by atoms with Gasteiger partial charge < -0.3 is 14.8 Å². The number of carbonyl (C=O) groups is 1. The van der Waals surface area contributed by atoms with E-state index in [1.807, 2.05) is 49.4 Å². The van der Waals surface area contributed by atoms with Gasteiger partial charge in [-0.05, 0) is 24.6 Å². The molecule has 4 aromatic rings. The monoisotopic (exact) mass is 388 g/mol. The van der Waals surface area contributed by atoms with Gasteiger partial charge in [-0.25, -0.2) is 9.50 Å². The molecule has 0 aliphatic heterocycles. The third kappa shape index (κ3) is 3.38. The van der Waals surface area contributed by atoms with Gasteiger partial charge in [0.15, 0.2) is 17.1 Å². The van der Waals surface area contributed by atoms with E-state index in [-0.39, 0.29) is 5.91 Å². The first-order chi connectivity index (χ1) is 14.1. The molecule has 0 bridgehead atoms. The van der Waals surface area contributed by atoms with Crippen molar-refractivity contribution in [2.75, 3.05) is 19.5 Å². The fourth-order valence-electron chi connectivity index (χ4n) is 3.18. The van der Waals surface area contributed by atoms with Crippen LogP contribution in [0.2, 0.25) is 0 Å². The fourth-order valence-corrected chi connectivity index (χ4v) is 3.18. The van der Waals surface area contributed by atoms with Crippen LogP contribution in [0.25, 0.3) is 16.9 Å². The Labute approximate surface area is 167 Å². The molecular formula is C22H20N4O3. The van der Waals surface area contributed by atoms with Gasteiger partial charge in [0, 0.05) is 23.5 Å². The number of nitrogens with one attached hydrogen (secondary N) is 1. The molecule has 0 aliphatic carbocycles. The van der Waals surface area contributed by atoms with Crippen molar-refractivity contribution >= 4 is 17.2 Å². The third-order valence-corrected chi connectivity index (χ3v) is 4.69. The first-order valence-corrected chi connectivity index (χ1v) is 9.04. The summed E-state index contributed by atoms with van der Waals surface area (Å²) >= 11 is 0. The highest BCUT2D eigenvalue weighted by molar-refractivity contribution is 6.08. The van der Waals surface area contributed by atoms with Gasteiger partial charge in [0.25, 0.3) is 5.91 Å². The summed E-state index contributed by atoms with van der Waals surface area (Å²) < 4.78 is 12.3. The molecule has 146 valence electrons. The summed E-state index contributed by atoms with van der Waals surface area (Å²) in [5.74, 6) is 0.846. The molecule has 0 radical (unpaired) electrons. The molecule has 0 unspecified atom stereocenters. The first-order valence-electron chi connectivity index (χ1n) is 9.04. The number of ether oxygens (including phenoxy) is 2. The SMILES string of the molecule is COc1cc(C)c(NC(=O)c2cnn3c(-c4ccccc4)ccnc23)cc1OC. The molecule has 2 aromatic heterocycles. The molecule has 0 saturated heterocycles. The Kier molecular flexibility index (Phi) is 4.87. The van der Waals surface area contributed by atoms with Crippen LogP contribution >= 0.6 is 0 Å². The molecule has 7 heteroatoms. The standard InChI is InChI=1S/C22H20N4O3/c1-14-11-19(28-2)20(29-3)12-17(14)25-22(27)16-13-24-26-18(9-10-23-21(16)26)15-7-5-4-6-8-15/h4-13H,1-3H3,(H,25,27). The van der Waals surface area contributed by atoms with E-state index >= 15 is 0 Å². The third-order valence-electron chi connectivity index (χ3n) is 4.69. The summed E-state index contributed by atoms with van der Waals surface area (Å²) in [4.78, 5) is 17.3. The van der Waals surface area contributed by atoms with Crippen LogP contribution in [0, 0.1) is 6.92 Å². The maximum Gasteiger partial charge on any atom is 0.261 e. The second-order valence-electron chi connectivity index (χ2n) is 6.47. The zero-order valence-electron chi connectivity index (χ0n) is 16.3. The Morgan fingerprint density at radius 1 is 1.03 bits per heavy atom. The van der Waals surface area contributed by atoms with Gasteiger partial charge >= 0.3 is 0 Å². The van der Waals surface area contributed by atoms with E-state index < -0.39 is 0 Å². The summed E-state index contributed by atoms with van der Waals surface area (Å²) in [6.07, 6.45) is 3.21. The van der Waals surface area contributed by atoms with Crippen molar-refractivity contribution in [3.63, 3.8) is 0 Å². The highest BCUT2D eigenvalue weighted by atomic mass is 16.5. The van der Waals surface area contributed by atoms with Crippen LogP contribution in [-0.2, 0) is 0 Å². The number of benzene rings is 2. The van der Waals surface area contributed by atoms with Gasteiger partial charge in [-0.1, -0.05) is 30.3 Å². The number of hydrogen-bond acceptors (Lipinski definition) is 5. The minimum Gasteiger partial charge on any atom is -0.493 e. The molecule has 0 atom stereocenters. The number of anilines is 1. The average Bonchev–Trinajstić information content (AvgIpc) is 3.19. The molecule has 1 amide bonds. The minimum atomic E-state index is -0.298. The lowest BCUT2D eigenvalue weighted by atomic mass is 10.1. The normalized spacial score (nSPS) is 10.7. The van der Waals surface area contributed by atoms with E-state index in [0.717, 1.165) is 16.8 Å². The van der Waals surface area contributed by atoms with Gasteiger partial charge in [-0.2, -0.15) is 5.10 Å². The molecule has 7 nitrogen and oxygen atoms in total. The maximum atomic E-state index is 13.0. The van der Waals surface area contributed by atoms with Gasteiger partial charge in [0.1, 0.15) is 5.56 Å². The Morgan fingerprint density at radius 3 is 2.48 bits per heavy atom. The molecule has 1 N–H and O–H groups in total. The van der Waals surface area contributed by atoms with Crippen LogP contribution in [0.15, 0.2) is 60.9 Å². The van der Waals surface area contributed by atoms with Crippen molar-refractivity contribution < 1.29 is 14.3 Å². The zero-order chi connectivity index (χ0) is 20.4. The van der Waals surface area contributed by atoms with Crippen LogP contribution in [0.5, 0.6) is 11.5 Å². The highest BCUT2D eigenvalue weighted by Gasteiger charge is 2.18. The molecule has 2 aromatic carbocycles. The lowest BCUT2D eigenvalue weighted by Gasteiger charge is -2.13. The number of amides is 1. The van der Waals surface area contributed by atoms with Crippen molar-refractivity contribution in [2.24, 2.45) is 0 Å². The van der Waals surface area contributed by atoms with Crippen LogP contribution in [0.4, 0.5) is 5.69 Å². The Morgan fingerprint density at radius 2 is 1.76 bits per heavy atom. The van der Waals surface area contributed by atoms with Gasteiger partial charge in [-0.3, -0.25) is 4.79 Å². The van der Waals surface area contributed by atoms with Crippen LogP contribution < -0.4 is 14.8 Å². The molecule has 29 heavy (non-hydrogen) atoms. The molecular weight excluding hydrogens is 368 g/mol. The summed E-state index contributed by atoms with van der Waals surface area (Å²) in [5.41, 5.74) is 4.21. The van der Waals surface area contributed by atoms with Crippen molar-refractivity contribution in [1.29, 1.82) is 0 Å². The molecule has 0 spiro atoms. The van der Waals surface area contributed by atoms with Crippen molar-refractivity contribution in [3.8, 4) is 22.8 Å². The van der Waals surface area contributed by atoms with Crippen molar-refractivity contribution in [2.45, 2.75) is 6.92 Å².